The second-order valence-corrected chi connectivity index (χ2v) is 5.10. The Hall–Kier alpha value is -0.710. The van der Waals surface area contributed by atoms with Crippen LogP contribution in [0, 0.1) is 34.0 Å². The van der Waals surface area contributed by atoms with Gasteiger partial charge in [-0.15, -0.1) is 0 Å². The topological polar surface area (TPSA) is 50.8 Å². The molecule has 0 amide bonds. The Bertz CT molecular complexity index is 240. The molecule has 3 nitrogen and oxygen atoms in total. The van der Waals surface area contributed by atoms with E-state index in [0.717, 1.165) is 12.3 Å². The minimum absolute atomic E-state index is 0.158. The van der Waals surface area contributed by atoms with Crippen LogP contribution in [0.3, 0.4) is 0 Å². The van der Waals surface area contributed by atoms with E-state index >= 15 is 0 Å². The summed E-state index contributed by atoms with van der Waals surface area (Å²) < 4.78 is 0. The summed E-state index contributed by atoms with van der Waals surface area (Å²) in [5.74, 6) is 1.17. The van der Waals surface area contributed by atoms with Crippen molar-refractivity contribution in [2.45, 2.75) is 20.8 Å². The maximum absolute atomic E-state index is 8.63. The molecule has 84 valence electrons. The van der Waals surface area contributed by atoms with Crippen molar-refractivity contribution < 1.29 is 0 Å². The van der Waals surface area contributed by atoms with Crippen LogP contribution in [0.25, 0.3) is 0 Å². The third kappa shape index (κ3) is 5.67. The maximum atomic E-state index is 8.63. The molecule has 4 heteroatoms. The van der Waals surface area contributed by atoms with E-state index in [1.165, 1.54) is 0 Å². The molecule has 0 aliphatic carbocycles. The fourth-order valence-corrected chi connectivity index (χ4v) is 1.97. The molecular formula is C11H19N3S. The lowest BCUT2D eigenvalue weighted by molar-refractivity contribution is 0.188. The first kappa shape index (κ1) is 14.3. The van der Waals surface area contributed by atoms with Crippen molar-refractivity contribution >= 4 is 12.6 Å². The summed E-state index contributed by atoms with van der Waals surface area (Å²) in [6.45, 7) is 7.86. The highest BCUT2D eigenvalue weighted by atomic mass is 32.1. The van der Waals surface area contributed by atoms with E-state index in [0.29, 0.717) is 19.0 Å². The number of hydrogen-bond donors (Lipinski definition) is 1. The third-order valence-electron chi connectivity index (χ3n) is 2.51. The Morgan fingerprint density at radius 3 is 1.93 bits per heavy atom. The number of thiol groups is 1. The van der Waals surface area contributed by atoms with Gasteiger partial charge >= 0.3 is 0 Å². The third-order valence-corrected chi connectivity index (χ3v) is 2.95. The number of nitriles is 2. The molecule has 1 atom stereocenters. The van der Waals surface area contributed by atoms with Gasteiger partial charge in [0.2, 0.25) is 0 Å². The zero-order valence-electron chi connectivity index (χ0n) is 9.69. The first-order valence-corrected chi connectivity index (χ1v) is 5.66. The molecule has 0 N–H and O–H groups in total. The number of rotatable bonds is 5. The average Bonchev–Trinajstić information content (AvgIpc) is 2.12. The van der Waals surface area contributed by atoms with E-state index in [-0.39, 0.29) is 5.41 Å². The number of nitrogens with zero attached hydrogens (tertiary/aromatic N) is 3. The second-order valence-electron chi connectivity index (χ2n) is 4.73. The molecule has 0 heterocycles. The standard InChI is InChI=1S/C11H19N3S/c1-11(2,3)10(9-15)8-14(6-4-12)7-5-13/h10,15H,6-9H2,1-3H3. The summed E-state index contributed by atoms with van der Waals surface area (Å²) in [5.41, 5.74) is 0.158. The van der Waals surface area contributed by atoms with Gasteiger partial charge in [-0.1, -0.05) is 20.8 Å². The van der Waals surface area contributed by atoms with Gasteiger partial charge in [0.15, 0.2) is 0 Å². The lowest BCUT2D eigenvalue weighted by Crippen LogP contribution is -2.37. The molecule has 0 fully saturated rings. The van der Waals surface area contributed by atoms with Crippen LogP contribution in [0.5, 0.6) is 0 Å². The number of hydrogen-bond acceptors (Lipinski definition) is 4. The normalized spacial score (nSPS) is 13.3. The van der Waals surface area contributed by atoms with Crippen LogP contribution >= 0.6 is 12.6 Å². The van der Waals surface area contributed by atoms with Gasteiger partial charge in [0, 0.05) is 6.54 Å². The van der Waals surface area contributed by atoms with Crippen molar-refractivity contribution in [1.29, 1.82) is 10.5 Å². The summed E-state index contributed by atoms with van der Waals surface area (Å²) in [6, 6.07) is 4.17. The summed E-state index contributed by atoms with van der Waals surface area (Å²) in [4.78, 5) is 1.87. The fraction of sp³-hybridized carbons (Fsp3) is 0.818. The summed E-state index contributed by atoms with van der Waals surface area (Å²) in [5, 5.41) is 17.3. The molecule has 0 aromatic rings. The van der Waals surface area contributed by atoms with Crippen molar-refractivity contribution in [3.8, 4) is 12.1 Å². The van der Waals surface area contributed by atoms with E-state index in [9.17, 15) is 0 Å². The Kier molecular flexibility index (Phi) is 6.40. The highest BCUT2D eigenvalue weighted by Gasteiger charge is 2.25. The van der Waals surface area contributed by atoms with Crippen LogP contribution in [-0.2, 0) is 0 Å². The van der Waals surface area contributed by atoms with E-state index < -0.39 is 0 Å². The van der Waals surface area contributed by atoms with Gasteiger partial charge in [0.1, 0.15) is 0 Å². The molecule has 0 spiro atoms. The fourth-order valence-electron chi connectivity index (χ4n) is 1.30. The molecule has 0 aliphatic rings. The Balaban J connectivity index is 4.37. The highest BCUT2D eigenvalue weighted by Crippen LogP contribution is 2.27. The van der Waals surface area contributed by atoms with E-state index in [4.69, 9.17) is 10.5 Å². The lowest BCUT2D eigenvalue weighted by atomic mass is 9.81. The molecule has 0 aromatic heterocycles. The molecule has 0 saturated heterocycles. The summed E-state index contributed by atoms with van der Waals surface area (Å²) >= 11 is 4.33. The summed E-state index contributed by atoms with van der Waals surface area (Å²) in [6.07, 6.45) is 0. The lowest BCUT2D eigenvalue weighted by Gasteiger charge is -2.32. The molecule has 0 radical (unpaired) electrons. The van der Waals surface area contributed by atoms with Crippen LogP contribution in [-0.4, -0.2) is 30.3 Å². The van der Waals surface area contributed by atoms with Crippen molar-refractivity contribution in [2.75, 3.05) is 25.4 Å². The van der Waals surface area contributed by atoms with Crippen molar-refractivity contribution in [3.63, 3.8) is 0 Å². The second kappa shape index (κ2) is 6.71. The monoisotopic (exact) mass is 225 g/mol. The average molecular weight is 225 g/mol. The Morgan fingerprint density at radius 1 is 1.20 bits per heavy atom. The smallest absolute Gasteiger partial charge is 0.0874 e. The molecule has 0 aromatic carbocycles. The molecule has 15 heavy (non-hydrogen) atoms. The van der Waals surface area contributed by atoms with Gasteiger partial charge in [0.25, 0.3) is 0 Å². The zero-order valence-corrected chi connectivity index (χ0v) is 10.6. The minimum atomic E-state index is 0.158. The Morgan fingerprint density at radius 2 is 1.67 bits per heavy atom. The SMILES string of the molecule is CC(C)(C)C(CS)CN(CC#N)CC#N. The van der Waals surface area contributed by atoms with Gasteiger partial charge in [-0.2, -0.15) is 23.2 Å². The quantitative estimate of drug-likeness (QED) is 0.574. The van der Waals surface area contributed by atoms with Crippen molar-refractivity contribution in [2.24, 2.45) is 11.3 Å². The van der Waals surface area contributed by atoms with Crippen LogP contribution in [0.1, 0.15) is 20.8 Å². The van der Waals surface area contributed by atoms with Crippen LogP contribution in [0.15, 0.2) is 0 Å². The van der Waals surface area contributed by atoms with Gasteiger partial charge in [-0.05, 0) is 17.1 Å². The molecular weight excluding hydrogens is 206 g/mol. The van der Waals surface area contributed by atoms with Gasteiger partial charge in [0.05, 0.1) is 25.2 Å². The van der Waals surface area contributed by atoms with E-state index in [1.54, 1.807) is 0 Å². The highest BCUT2D eigenvalue weighted by molar-refractivity contribution is 7.80. The van der Waals surface area contributed by atoms with E-state index in [1.807, 2.05) is 4.90 Å². The van der Waals surface area contributed by atoms with Gasteiger partial charge < -0.3 is 0 Å². The largest absolute Gasteiger partial charge is 0.277 e. The van der Waals surface area contributed by atoms with Crippen molar-refractivity contribution in [1.82, 2.24) is 4.90 Å². The summed E-state index contributed by atoms with van der Waals surface area (Å²) in [7, 11) is 0. The molecule has 0 aliphatic heterocycles. The van der Waals surface area contributed by atoms with Crippen LogP contribution < -0.4 is 0 Å². The predicted octanol–water partition coefficient (Wildman–Crippen LogP) is 1.93. The zero-order chi connectivity index (χ0) is 11.9. The molecule has 0 rings (SSSR count). The first-order chi connectivity index (χ1) is 6.95. The van der Waals surface area contributed by atoms with Crippen LogP contribution in [0.2, 0.25) is 0 Å². The first-order valence-electron chi connectivity index (χ1n) is 5.02. The molecule has 0 bridgehead atoms. The van der Waals surface area contributed by atoms with Gasteiger partial charge in [-0.25, -0.2) is 0 Å². The van der Waals surface area contributed by atoms with Gasteiger partial charge in [-0.3, -0.25) is 4.90 Å². The Labute approximate surface area is 98.1 Å². The van der Waals surface area contributed by atoms with Crippen molar-refractivity contribution in [3.05, 3.63) is 0 Å². The molecule has 0 saturated carbocycles. The van der Waals surface area contributed by atoms with E-state index in [2.05, 4.69) is 45.5 Å². The maximum Gasteiger partial charge on any atom is 0.0874 e. The van der Waals surface area contributed by atoms with Crippen LogP contribution in [0.4, 0.5) is 0 Å². The predicted molar refractivity (Wildman–Crippen MR) is 64.5 cm³/mol. The minimum Gasteiger partial charge on any atom is -0.277 e. The molecule has 1 unspecified atom stereocenters.